The molecular weight excluding hydrogens is 314 g/mol. The van der Waals surface area contributed by atoms with Crippen molar-refractivity contribution in [2.75, 3.05) is 4.90 Å². The van der Waals surface area contributed by atoms with Crippen LogP contribution in [-0.4, -0.2) is 0 Å². The summed E-state index contributed by atoms with van der Waals surface area (Å²) >= 11 is 0. The molecule has 0 heterocycles. The second-order valence-corrected chi connectivity index (χ2v) is 6.50. The molecule has 0 unspecified atom stereocenters. The van der Waals surface area contributed by atoms with Gasteiger partial charge in [-0.2, -0.15) is 0 Å². The van der Waals surface area contributed by atoms with E-state index in [1.165, 1.54) is 16.3 Å². The van der Waals surface area contributed by atoms with E-state index < -0.39 is 0 Å². The number of nitrogens with zero attached hydrogens (tertiary/aromatic N) is 1. The molecule has 0 aliphatic rings. The summed E-state index contributed by atoms with van der Waals surface area (Å²) in [7, 11) is 0. The van der Waals surface area contributed by atoms with Gasteiger partial charge in [0, 0.05) is 17.1 Å². The first kappa shape index (κ1) is 16.2. The molecule has 0 saturated carbocycles. The van der Waals surface area contributed by atoms with Crippen molar-refractivity contribution in [2.45, 2.75) is 6.92 Å². The van der Waals surface area contributed by atoms with Crippen LogP contribution in [0, 0.1) is 6.92 Å². The van der Waals surface area contributed by atoms with Crippen molar-refractivity contribution < 1.29 is 0 Å². The molecule has 4 rings (SSSR count). The van der Waals surface area contributed by atoms with E-state index in [0.717, 1.165) is 22.6 Å². The van der Waals surface area contributed by atoms with E-state index in [2.05, 4.69) is 103 Å². The Morgan fingerprint density at radius 3 is 2.00 bits per heavy atom. The van der Waals surface area contributed by atoms with Crippen molar-refractivity contribution in [1.29, 1.82) is 0 Å². The van der Waals surface area contributed by atoms with Gasteiger partial charge >= 0.3 is 0 Å². The molecule has 0 aromatic heterocycles. The molecule has 0 saturated heterocycles. The van der Waals surface area contributed by atoms with Gasteiger partial charge in [0.2, 0.25) is 0 Å². The van der Waals surface area contributed by atoms with E-state index in [9.17, 15) is 0 Å². The first-order valence-electron chi connectivity index (χ1n) is 8.83. The lowest BCUT2D eigenvalue weighted by atomic mass is 10.1. The van der Waals surface area contributed by atoms with E-state index in [-0.39, 0.29) is 0 Å². The number of hydrogen-bond acceptors (Lipinski definition) is 1. The monoisotopic (exact) mass is 335 g/mol. The summed E-state index contributed by atoms with van der Waals surface area (Å²) in [6.45, 7) is 5.98. The van der Waals surface area contributed by atoms with Crippen molar-refractivity contribution in [3.8, 4) is 0 Å². The van der Waals surface area contributed by atoms with Gasteiger partial charge in [-0.1, -0.05) is 66.7 Å². The highest BCUT2D eigenvalue weighted by atomic mass is 15.1. The first-order chi connectivity index (χ1) is 12.7. The van der Waals surface area contributed by atoms with Crippen molar-refractivity contribution in [3.63, 3.8) is 0 Å². The molecule has 1 nitrogen and oxygen atoms in total. The highest BCUT2D eigenvalue weighted by Crippen LogP contribution is 2.36. The normalized spacial score (nSPS) is 10.7. The van der Waals surface area contributed by atoms with Crippen LogP contribution in [0.15, 0.2) is 97.6 Å². The number of hydrogen-bond donors (Lipinski definition) is 0. The van der Waals surface area contributed by atoms with Crippen LogP contribution in [0.2, 0.25) is 0 Å². The zero-order valence-electron chi connectivity index (χ0n) is 14.9. The second-order valence-electron chi connectivity index (χ2n) is 6.50. The Kier molecular flexibility index (Phi) is 4.28. The molecule has 0 amide bonds. The standard InChI is InChI=1S/C25H21N/c1-3-20-11-12-22-18-25(16-13-21(22)17-20)26(23-7-5-4-6-8-23)24-14-9-19(2)10-15-24/h3-18H,1H2,2H3. The Labute approximate surface area is 154 Å². The van der Waals surface area contributed by atoms with Crippen LogP contribution < -0.4 is 4.90 Å². The number of anilines is 3. The summed E-state index contributed by atoms with van der Waals surface area (Å²) in [6, 6.07) is 32.2. The van der Waals surface area contributed by atoms with Gasteiger partial charge in [0.05, 0.1) is 0 Å². The van der Waals surface area contributed by atoms with Crippen molar-refractivity contribution in [1.82, 2.24) is 0 Å². The molecule has 1 heteroatoms. The quantitative estimate of drug-likeness (QED) is 0.379. The lowest BCUT2D eigenvalue weighted by Gasteiger charge is -2.26. The Morgan fingerprint density at radius 1 is 0.654 bits per heavy atom. The molecule has 0 N–H and O–H groups in total. The van der Waals surface area contributed by atoms with Gasteiger partial charge in [-0.05, 0) is 65.7 Å². The summed E-state index contributed by atoms with van der Waals surface area (Å²) in [5.74, 6) is 0. The van der Waals surface area contributed by atoms with E-state index in [4.69, 9.17) is 0 Å². The van der Waals surface area contributed by atoms with Gasteiger partial charge in [0.25, 0.3) is 0 Å². The number of fused-ring (bicyclic) bond motifs is 1. The van der Waals surface area contributed by atoms with Crippen LogP contribution >= 0.6 is 0 Å². The number of benzene rings is 4. The van der Waals surface area contributed by atoms with Gasteiger partial charge in [-0.3, -0.25) is 0 Å². The van der Waals surface area contributed by atoms with Gasteiger partial charge in [0.1, 0.15) is 0 Å². The minimum atomic E-state index is 1.14. The SMILES string of the molecule is C=Cc1ccc2cc(N(c3ccccc3)c3ccc(C)cc3)ccc2c1. The molecule has 0 aliphatic heterocycles. The molecule has 0 atom stereocenters. The average molecular weight is 335 g/mol. The smallest absolute Gasteiger partial charge is 0.0468 e. The van der Waals surface area contributed by atoms with Crippen molar-refractivity contribution in [3.05, 3.63) is 109 Å². The van der Waals surface area contributed by atoms with Crippen LogP contribution in [-0.2, 0) is 0 Å². The van der Waals surface area contributed by atoms with Crippen LogP contribution in [0.25, 0.3) is 16.8 Å². The second kappa shape index (κ2) is 6.89. The molecule has 4 aromatic rings. The number of aryl methyl sites for hydroxylation is 1. The first-order valence-corrected chi connectivity index (χ1v) is 8.83. The summed E-state index contributed by atoms with van der Waals surface area (Å²) in [5, 5.41) is 2.45. The summed E-state index contributed by atoms with van der Waals surface area (Å²) in [4.78, 5) is 2.29. The fraction of sp³-hybridized carbons (Fsp3) is 0.0400. The molecule has 0 bridgehead atoms. The van der Waals surface area contributed by atoms with Gasteiger partial charge < -0.3 is 4.90 Å². The van der Waals surface area contributed by atoms with E-state index in [1.54, 1.807) is 0 Å². The maximum atomic E-state index is 3.86. The summed E-state index contributed by atoms with van der Waals surface area (Å²) in [6.07, 6.45) is 1.88. The Morgan fingerprint density at radius 2 is 1.27 bits per heavy atom. The topological polar surface area (TPSA) is 3.24 Å². The third kappa shape index (κ3) is 3.12. The zero-order valence-corrected chi connectivity index (χ0v) is 14.9. The number of rotatable bonds is 4. The minimum Gasteiger partial charge on any atom is -0.310 e. The van der Waals surface area contributed by atoms with Crippen molar-refractivity contribution in [2.24, 2.45) is 0 Å². The van der Waals surface area contributed by atoms with E-state index in [0.29, 0.717) is 0 Å². The van der Waals surface area contributed by atoms with E-state index >= 15 is 0 Å². The fourth-order valence-corrected chi connectivity index (χ4v) is 3.24. The van der Waals surface area contributed by atoms with Crippen LogP contribution in [0.4, 0.5) is 17.1 Å². The molecule has 126 valence electrons. The molecule has 0 spiro atoms. The van der Waals surface area contributed by atoms with Crippen LogP contribution in [0.5, 0.6) is 0 Å². The lowest BCUT2D eigenvalue weighted by molar-refractivity contribution is 1.28. The summed E-state index contributed by atoms with van der Waals surface area (Å²) < 4.78 is 0. The molecule has 0 aliphatic carbocycles. The third-order valence-electron chi connectivity index (χ3n) is 4.65. The highest BCUT2D eigenvalue weighted by Gasteiger charge is 2.12. The maximum Gasteiger partial charge on any atom is 0.0468 e. The highest BCUT2D eigenvalue weighted by molar-refractivity contribution is 5.90. The minimum absolute atomic E-state index is 1.14. The van der Waals surface area contributed by atoms with Gasteiger partial charge in [-0.25, -0.2) is 0 Å². The lowest BCUT2D eigenvalue weighted by Crippen LogP contribution is -2.09. The predicted molar refractivity (Wildman–Crippen MR) is 113 cm³/mol. The summed E-state index contributed by atoms with van der Waals surface area (Å²) in [5.41, 5.74) is 5.86. The Balaban J connectivity index is 1.87. The molecule has 4 aromatic carbocycles. The van der Waals surface area contributed by atoms with Crippen LogP contribution in [0.3, 0.4) is 0 Å². The van der Waals surface area contributed by atoms with E-state index in [1.807, 2.05) is 12.1 Å². The third-order valence-corrected chi connectivity index (χ3v) is 4.65. The fourth-order valence-electron chi connectivity index (χ4n) is 3.24. The predicted octanol–water partition coefficient (Wildman–Crippen LogP) is 7.26. The van der Waals surface area contributed by atoms with Gasteiger partial charge in [0.15, 0.2) is 0 Å². The Bertz CT molecular complexity index is 1050. The molecule has 0 fully saturated rings. The van der Waals surface area contributed by atoms with Crippen LogP contribution in [0.1, 0.15) is 11.1 Å². The number of para-hydroxylation sites is 1. The average Bonchev–Trinajstić information content (AvgIpc) is 2.70. The molecular formula is C25H21N. The molecule has 0 radical (unpaired) electrons. The van der Waals surface area contributed by atoms with Crippen molar-refractivity contribution >= 4 is 33.9 Å². The zero-order chi connectivity index (χ0) is 17.9. The Hall–Kier alpha value is -3.32. The molecule has 26 heavy (non-hydrogen) atoms. The largest absolute Gasteiger partial charge is 0.310 e. The maximum absolute atomic E-state index is 3.86. The van der Waals surface area contributed by atoms with Gasteiger partial charge in [-0.15, -0.1) is 0 Å².